The number of anilines is 1. The van der Waals surface area contributed by atoms with E-state index in [1.165, 1.54) is 0 Å². The average molecular weight is 229 g/mol. The number of nitrogens with zero attached hydrogens (tertiary/aromatic N) is 1. The molecule has 0 spiro atoms. The predicted octanol–water partition coefficient (Wildman–Crippen LogP) is 2.64. The van der Waals surface area contributed by atoms with E-state index in [1.54, 1.807) is 17.5 Å². The number of pyridine rings is 1. The quantitative estimate of drug-likeness (QED) is 0.754. The molecule has 4 heteroatoms. The van der Waals surface area contributed by atoms with Gasteiger partial charge in [-0.2, -0.15) is 0 Å². The SMILES string of the molecule is Nc1ncc(Br)c2sccc12. The highest BCUT2D eigenvalue weighted by molar-refractivity contribution is 9.10. The van der Waals surface area contributed by atoms with E-state index in [9.17, 15) is 0 Å². The number of thiophene rings is 1. The van der Waals surface area contributed by atoms with Gasteiger partial charge in [-0.3, -0.25) is 0 Å². The molecule has 0 bridgehead atoms. The molecular weight excluding hydrogens is 224 g/mol. The third-order valence-electron chi connectivity index (χ3n) is 1.48. The normalized spacial score (nSPS) is 10.6. The van der Waals surface area contributed by atoms with Gasteiger partial charge in [-0.15, -0.1) is 11.3 Å². The van der Waals surface area contributed by atoms with Crippen LogP contribution in [0.1, 0.15) is 0 Å². The number of hydrogen-bond donors (Lipinski definition) is 1. The monoisotopic (exact) mass is 228 g/mol. The Hall–Kier alpha value is -0.610. The first-order chi connectivity index (χ1) is 5.29. The van der Waals surface area contributed by atoms with E-state index in [0.717, 1.165) is 14.6 Å². The Labute approximate surface area is 76.2 Å². The van der Waals surface area contributed by atoms with Gasteiger partial charge in [0.2, 0.25) is 0 Å². The maximum absolute atomic E-state index is 5.64. The minimum absolute atomic E-state index is 0.601. The highest BCUT2D eigenvalue weighted by atomic mass is 79.9. The van der Waals surface area contributed by atoms with E-state index in [1.807, 2.05) is 11.4 Å². The average Bonchev–Trinajstić information content (AvgIpc) is 2.45. The highest BCUT2D eigenvalue weighted by Crippen LogP contribution is 2.30. The van der Waals surface area contributed by atoms with Gasteiger partial charge in [0.1, 0.15) is 5.82 Å². The molecule has 2 nitrogen and oxygen atoms in total. The summed E-state index contributed by atoms with van der Waals surface area (Å²) in [6.45, 7) is 0. The second-order valence-corrected chi connectivity index (χ2v) is 3.93. The molecule has 11 heavy (non-hydrogen) atoms. The summed E-state index contributed by atoms with van der Waals surface area (Å²) in [5, 5.41) is 3.04. The van der Waals surface area contributed by atoms with E-state index >= 15 is 0 Å². The van der Waals surface area contributed by atoms with Crippen LogP contribution in [-0.2, 0) is 0 Å². The molecular formula is C7H5BrN2S. The molecule has 0 amide bonds. The van der Waals surface area contributed by atoms with Crippen LogP contribution in [0.3, 0.4) is 0 Å². The van der Waals surface area contributed by atoms with Gasteiger partial charge in [-0.25, -0.2) is 4.98 Å². The number of fused-ring (bicyclic) bond motifs is 1. The van der Waals surface area contributed by atoms with Gasteiger partial charge >= 0.3 is 0 Å². The number of aromatic nitrogens is 1. The van der Waals surface area contributed by atoms with Crippen molar-refractivity contribution in [1.82, 2.24) is 4.98 Å². The summed E-state index contributed by atoms with van der Waals surface area (Å²) in [4.78, 5) is 4.02. The fourth-order valence-electron chi connectivity index (χ4n) is 0.950. The summed E-state index contributed by atoms with van der Waals surface area (Å²) in [7, 11) is 0. The van der Waals surface area contributed by atoms with Crippen LogP contribution < -0.4 is 5.73 Å². The zero-order chi connectivity index (χ0) is 7.84. The molecule has 0 atom stereocenters. The van der Waals surface area contributed by atoms with E-state index in [0.29, 0.717) is 5.82 Å². The van der Waals surface area contributed by atoms with Crippen molar-refractivity contribution >= 4 is 43.2 Å². The van der Waals surface area contributed by atoms with Crippen molar-refractivity contribution in [2.24, 2.45) is 0 Å². The molecule has 2 N–H and O–H groups in total. The largest absolute Gasteiger partial charge is 0.383 e. The first-order valence-electron chi connectivity index (χ1n) is 3.06. The van der Waals surface area contributed by atoms with E-state index in [4.69, 9.17) is 5.73 Å². The van der Waals surface area contributed by atoms with Crippen LogP contribution in [0.5, 0.6) is 0 Å². The molecule has 0 aliphatic carbocycles. The van der Waals surface area contributed by atoms with Crippen LogP contribution in [0.25, 0.3) is 10.1 Å². The molecule has 0 saturated heterocycles. The van der Waals surface area contributed by atoms with Crippen molar-refractivity contribution in [2.75, 3.05) is 5.73 Å². The highest BCUT2D eigenvalue weighted by Gasteiger charge is 2.02. The van der Waals surface area contributed by atoms with Crippen molar-refractivity contribution in [3.63, 3.8) is 0 Å². The van der Waals surface area contributed by atoms with Gasteiger partial charge in [-0.05, 0) is 27.4 Å². The standard InChI is InChI=1S/C7H5BrN2S/c8-5-3-10-7(9)4-1-2-11-6(4)5/h1-3H,(H2,9,10). The van der Waals surface area contributed by atoms with Crippen LogP contribution in [0.2, 0.25) is 0 Å². The van der Waals surface area contributed by atoms with Crippen molar-refractivity contribution < 1.29 is 0 Å². The number of halogens is 1. The molecule has 0 unspecified atom stereocenters. The van der Waals surface area contributed by atoms with Crippen molar-refractivity contribution in [1.29, 1.82) is 0 Å². The van der Waals surface area contributed by atoms with Gasteiger partial charge in [0.25, 0.3) is 0 Å². The molecule has 0 aromatic carbocycles. The second-order valence-electron chi connectivity index (χ2n) is 2.15. The Morgan fingerprint density at radius 2 is 2.36 bits per heavy atom. The Balaban J connectivity index is 2.96. The first-order valence-corrected chi connectivity index (χ1v) is 4.73. The lowest BCUT2D eigenvalue weighted by atomic mass is 10.3. The Morgan fingerprint density at radius 1 is 1.55 bits per heavy atom. The van der Waals surface area contributed by atoms with Crippen molar-refractivity contribution in [3.05, 3.63) is 22.1 Å². The summed E-state index contributed by atoms with van der Waals surface area (Å²) in [6, 6.07) is 1.98. The number of nitrogens with two attached hydrogens (primary N) is 1. The third kappa shape index (κ3) is 1.02. The molecule has 0 saturated carbocycles. The second kappa shape index (κ2) is 2.46. The minimum atomic E-state index is 0.601. The number of rotatable bonds is 0. The molecule has 0 aliphatic heterocycles. The van der Waals surface area contributed by atoms with Crippen LogP contribution in [0, 0.1) is 0 Å². The lowest BCUT2D eigenvalue weighted by Crippen LogP contribution is -1.88. The summed E-state index contributed by atoms with van der Waals surface area (Å²) in [6.07, 6.45) is 1.73. The molecule has 2 aromatic rings. The van der Waals surface area contributed by atoms with E-state index in [-0.39, 0.29) is 0 Å². The molecule has 2 heterocycles. The summed E-state index contributed by atoms with van der Waals surface area (Å²) < 4.78 is 2.18. The topological polar surface area (TPSA) is 38.9 Å². The maximum Gasteiger partial charge on any atom is 0.132 e. The van der Waals surface area contributed by atoms with Crippen LogP contribution >= 0.6 is 27.3 Å². The third-order valence-corrected chi connectivity index (χ3v) is 3.29. The predicted molar refractivity (Wildman–Crippen MR) is 51.7 cm³/mol. The zero-order valence-electron chi connectivity index (χ0n) is 5.54. The lowest BCUT2D eigenvalue weighted by molar-refractivity contribution is 1.36. The number of nitrogen functional groups attached to an aromatic ring is 1. The van der Waals surface area contributed by atoms with Crippen LogP contribution in [-0.4, -0.2) is 4.98 Å². The van der Waals surface area contributed by atoms with Gasteiger partial charge < -0.3 is 5.73 Å². The molecule has 2 aromatic heterocycles. The van der Waals surface area contributed by atoms with Crippen molar-refractivity contribution in [3.8, 4) is 0 Å². The maximum atomic E-state index is 5.64. The molecule has 0 radical (unpaired) electrons. The Kier molecular flexibility index (Phi) is 1.58. The summed E-state index contributed by atoms with van der Waals surface area (Å²) in [5.74, 6) is 0.601. The number of hydrogen-bond acceptors (Lipinski definition) is 3. The smallest absolute Gasteiger partial charge is 0.132 e. The van der Waals surface area contributed by atoms with Gasteiger partial charge in [-0.1, -0.05) is 0 Å². The molecule has 56 valence electrons. The lowest BCUT2D eigenvalue weighted by Gasteiger charge is -1.95. The van der Waals surface area contributed by atoms with Crippen LogP contribution in [0.15, 0.2) is 22.1 Å². The summed E-state index contributed by atoms with van der Waals surface area (Å²) in [5.41, 5.74) is 5.64. The van der Waals surface area contributed by atoms with Gasteiger partial charge in [0, 0.05) is 11.6 Å². The van der Waals surface area contributed by atoms with E-state index in [2.05, 4.69) is 20.9 Å². The van der Waals surface area contributed by atoms with Crippen LogP contribution in [0.4, 0.5) is 5.82 Å². The summed E-state index contributed by atoms with van der Waals surface area (Å²) >= 11 is 5.06. The van der Waals surface area contributed by atoms with Gasteiger partial charge in [0.05, 0.1) is 9.17 Å². The zero-order valence-corrected chi connectivity index (χ0v) is 7.95. The van der Waals surface area contributed by atoms with Crippen molar-refractivity contribution in [2.45, 2.75) is 0 Å². The first kappa shape index (κ1) is 7.06. The van der Waals surface area contributed by atoms with E-state index < -0.39 is 0 Å². The minimum Gasteiger partial charge on any atom is -0.383 e. The van der Waals surface area contributed by atoms with Gasteiger partial charge in [0.15, 0.2) is 0 Å². The Bertz CT molecular complexity index is 360. The fraction of sp³-hybridized carbons (Fsp3) is 0. The molecule has 0 aliphatic rings. The Morgan fingerprint density at radius 3 is 3.09 bits per heavy atom. The molecule has 2 rings (SSSR count). The fourth-order valence-corrected chi connectivity index (χ4v) is 2.35. The molecule has 0 fully saturated rings.